The zero-order chi connectivity index (χ0) is 16.6. The number of hydrogen-bond donors (Lipinski definition) is 1. The van der Waals surface area contributed by atoms with E-state index in [0.29, 0.717) is 11.6 Å². The molecule has 23 heavy (non-hydrogen) atoms. The molecule has 2 heterocycles. The summed E-state index contributed by atoms with van der Waals surface area (Å²) in [6.07, 6.45) is 0.969. The molecule has 1 aliphatic rings. The number of aromatic nitrogens is 2. The van der Waals surface area contributed by atoms with E-state index >= 15 is 0 Å². The zero-order valence-corrected chi connectivity index (χ0v) is 14.1. The van der Waals surface area contributed by atoms with Crippen LogP contribution in [-0.2, 0) is 6.42 Å². The molecule has 0 fully saturated rings. The Labute approximate surface area is 136 Å². The second-order valence-electron chi connectivity index (χ2n) is 6.93. The van der Waals surface area contributed by atoms with E-state index in [9.17, 15) is 4.79 Å². The van der Waals surface area contributed by atoms with Crippen LogP contribution in [0.1, 0.15) is 42.5 Å². The summed E-state index contributed by atoms with van der Waals surface area (Å²) in [5.41, 5.74) is 3.32. The average Bonchev–Trinajstić information content (AvgIpc) is 2.88. The summed E-state index contributed by atoms with van der Waals surface area (Å²) in [5, 5.41) is 2.95. The fourth-order valence-corrected chi connectivity index (χ4v) is 2.74. The molecule has 0 unspecified atom stereocenters. The van der Waals surface area contributed by atoms with Gasteiger partial charge in [-0.05, 0) is 51.8 Å². The van der Waals surface area contributed by atoms with Crippen LogP contribution in [0.15, 0.2) is 30.3 Å². The number of carbonyl (C=O) groups is 1. The lowest BCUT2D eigenvalue weighted by Gasteiger charge is -2.21. The predicted octanol–water partition coefficient (Wildman–Crippen LogP) is 3.01. The fourth-order valence-electron chi connectivity index (χ4n) is 2.74. The van der Waals surface area contributed by atoms with Gasteiger partial charge in [0.05, 0.1) is 0 Å². The number of rotatable bonds is 2. The molecule has 3 rings (SSSR count). The Kier molecular flexibility index (Phi) is 3.80. The van der Waals surface area contributed by atoms with Crippen LogP contribution in [0.4, 0.5) is 11.6 Å². The number of carbonyl (C=O) groups excluding carboxylic acids is 1. The van der Waals surface area contributed by atoms with Crippen LogP contribution in [0.25, 0.3) is 0 Å². The number of hydrogen-bond acceptors (Lipinski definition) is 4. The van der Waals surface area contributed by atoms with Crippen molar-refractivity contribution in [3.63, 3.8) is 0 Å². The largest absolute Gasteiger partial charge is 0.346 e. The van der Waals surface area contributed by atoms with Crippen molar-refractivity contribution in [1.82, 2.24) is 15.3 Å². The number of amides is 1. The lowest BCUT2D eigenvalue weighted by molar-refractivity contribution is 0.0914. The average molecular weight is 310 g/mol. The van der Waals surface area contributed by atoms with Crippen molar-refractivity contribution in [3.8, 4) is 0 Å². The number of nitrogens with zero attached hydrogens (tertiary/aromatic N) is 3. The molecule has 0 atom stereocenters. The summed E-state index contributed by atoms with van der Waals surface area (Å²) in [6, 6.07) is 9.98. The normalized spacial score (nSPS) is 13.8. The third-order valence-electron chi connectivity index (χ3n) is 3.69. The lowest BCUT2D eigenvalue weighted by atomic mass is 10.1. The molecule has 5 heteroatoms. The van der Waals surface area contributed by atoms with Gasteiger partial charge in [-0.3, -0.25) is 4.79 Å². The van der Waals surface area contributed by atoms with Crippen LogP contribution in [0.5, 0.6) is 0 Å². The van der Waals surface area contributed by atoms with Gasteiger partial charge in [0.1, 0.15) is 5.69 Å². The summed E-state index contributed by atoms with van der Waals surface area (Å²) in [5.74, 6) is 0.422. The smallest absolute Gasteiger partial charge is 0.270 e. The van der Waals surface area contributed by atoms with Crippen molar-refractivity contribution in [3.05, 3.63) is 47.3 Å². The molecule has 2 aromatic rings. The van der Waals surface area contributed by atoms with Crippen molar-refractivity contribution in [2.24, 2.45) is 0 Å². The highest BCUT2D eigenvalue weighted by Crippen LogP contribution is 2.32. The van der Waals surface area contributed by atoms with E-state index in [1.165, 1.54) is 5.56 Å². The van der Waals surface area contributed by atoms with E-state index in [1.807, 2.05) is 39.8 Å². The molecule has 0 radical (unpaired) electrons. The molecule has 0 spiro atoms. The number of aryl methyl sites for hydroxylation is 1. The molecule has 0 aliphatic carbocycles. The predicted molar refractivity (Wildman–Crippen MR) is 91.1 cm³/mol. The molecule has 5 nitrogen and oxygen atoms in total. The van der Waals surface area contributed by atoms with E-state index in [2.05, 4.69) is 32.3 Å². The van der Waals surface area contributed by atoms with Crippen molar-refractivity contribution in [2.45, 2.75) is 39.7 Å². The van der Waals surface area contributed by atoms with Crippen molar-refractivity contribution in [2.75, 3.05) is 11.4 Å². The second kappa shape index (κ2) is 5.65. The Hall–Kier alpha value is -2.43. The van der Waals surface area contributed by atoms with Gasteiger partial charge in [0.2, 0.25) is 5.95 Å². The third kappa shape index (κ3) is 3.33. The van der Waals surface area contributed by atoms with Crippen LogP contribution in [0, 0.1) is 6.92 Å². The molecule has 0 saturated carbocycles. The Morgan fingerprint density at radius 2 is 1.96 bits per heavy atom. The van der Waals surface area contributed by atoms with Crippen LogP contribution >= 0.6 is 0 Å². The maximum absolute atomic E-state index is 12.4. The molecule has 1 aliphatic heterocycles. The highest BCUT2D eigenvalue weighted by molar-refractivity contribution is 5.93. The minimum atomic E-state index is -0.295. The Morgan fingerprint density at radius 1 is 1.22 bits per heavy atom. The van der Waals surface area contributed by atoms with E-state index in [0.717, 1.165) is 24.3 Å². The number of fused-ring (bicyclic) bond motifs is 1. The first-order valence-electron chi connectivity index (χ1n) is 7.87. The van der Waals surface area contributed by atoms with Crippen LogP contribution in [-0.4, -0.2) is 28.0 Å². The maximum Gasteiger partial charge on any atom is 0.270 e. The number of nitrogens with one attached hydrogen (secondary N) is 1. The van der Waals surface area contributed by atoms with E-state index in [-0.39, 0.29) is 11.4 Å². The zero-order valence-electron chi connectivity index (χ0n) is 14.1. The lowest BCUT2D eigenvalue weighted by Crippen LogP contribution is -2.41. The Morgan fingerprint density at radius 3 is 2.70 bits per heavy atom. The van der Waals surface area contributed by atoms with Crippen LogP contribution in [0.2, 0.25) is 0 Å². The SMILES string of the molecule is Cc1cc(C(=O)NC(C)(C)C)nc(N2CCc3ccccc32)n1. The highest BCUT2D eigenvalue weighted by atomic mass is 16.2. The molecule has 1 aromatic carbocycles. The summed E-state index contributed by atoms with van der Waals surface area (Å²) in [6.45, 7) is 8.59. The van der Waals surface area contributed by atoms with Gasteiger partial charge in [0.25, 0.3) is 5.91 Å². The van der Waals surface area contributed by atoms with Gasteiger partial charge in [-0.1, -0.05) is 18.2 Å². The van der Waals surface area contributed by atoms with Gasteiger partial charge >= 0.3 is 0 Å². The third-order valence-corrected chi connectivity index (χ3v) is 3.69. The minimum Gasteiger partial charge on any atom is -0.346 e. The maximum atomic E-state index is 12.4. The standard InChI is InChI=1S/C18H22N4O/c1-12-11-14(16(23)21-18(2,3)4)20-17(19-12)22-10-9-13-7-5-6-8-15(13)22/h5-8,11H,9-10H2,1-4H3,(H,21,23). The Bertz CT molecular complexity index is 749. The van der Waals surface area contributed by atoms with Crippen molar-refractivity contribution < 1.29 is 4.79 Å². The highest BCUT2D eigenvalue weighted by Gasteiger charge is 2.24. The summed E-state index contributed by atoms with van der Waals surface area (Å²) >= 11 is 0. The molecule has 120 valence electrons. The number of para-hydroxylation sites is 1. The molecular formula is C18H22N4O. The van der Waals surface area contributed by atoms with Crippen molar-refractivity contribution in [1.29, 1.82) is 0 Å². The summed E-state index contributed by atoms with van der Waals surface area (Å²) in [4.78, 5) is 23.5. The van der Waals surface area contributed by atoms with Crippen molar-refractivity contribution >= 4 is 17.5 Å². The van der Waals surface area contributed by atoms with Gasteiger partial charge < -0.3 is 10.2 Å². The first-order chi connectivity index (χ1) is 10.8. The van der Waals surface area contributed by atoms with E-state index in [1.54, 1.807) is 6.07 Å². The van der Waals surface area contributed by atoms with Crippen LogP contribution in [0.3, 0.4) is 0 Å². The second-order valence-corrected chi connectivity index (χ2v) is 6.93. The van der Waals surface area contributed by atoms with Crippen LogP contribution < -0.4 is 10.2 Å². The molecule has 1 N–H and O–H groups in total. The van der Waals surface area contributed by atoms with Gasteiger partial charge in [-0.25, -0.2) is 9.97 Å². The van der Waals surface area contributed by atoms with E-state index < -0.39 is 0 Å². The quantitative estimate of drug-likeness (QED) is 0.926. The molecule has 1 amide bonds. The van der Waals surface area contributed by atoms with E-state index in [4.69, 9.17) is 0 Å². The fraction of sp³-hybridized carbons (Fsp3) is 0.389. The Balaban J connectivity index is 1.95. The minimum absolute atomic E-state index is 0.170. The topological polar surface area (TPSA) is 58.1 Å². The molecular weight excluding hydrogens is 288 g/mol. The van der Waals surface area contributed by atoms with Gasteiger partial charge in [0, 0.05) is 23.5 Å². The first kappa shape index (κ1) is 15.5. The first-order valence-corrected chi connectivity index (χ1v) is 7.87. The van der Waals surface area contributed by atoms with Gasteiger partial charge in [-0.2, -0.15) is 0 Å². The monoisotopic (exact) mass is 310 g/mol. The van der Waals surface area contributed by atoms with Gasteiger partial charge in [0.15, 0.2) is 0 Å². The molecule has 0 saturated heterocycles. The van der Waals surface area contributed by atoms with Gasteiger partial charge in [-0.15, -0.1) is 0 Å². The molecule has 0 bridgehead atoms. The molecule has 1 aromatic heterocycles. The number of benzene rings is 1. The summed E-state index contributed by atoms with van der Waals surface area (Å²) < 4.78 is 0. The summed E-state index contributed by atoms with van der Waals surface area (Å²) in [7, 11) is 0. The number of anilines is 2.